The molecule has 5 heteroatoms. The number of amidine groups is 1. The Morgan fingerprint density at radius 3 is 2.67 bits per heavy atom. The van der Waals surface area contributed by atoms with Gasteiger partial charge in [0.25, 0.3) is 0 Å². The van der Waals surface area contributed by atoms with Crippen LogP contribution in [-0.2, 0) is 4.79 Å². The van der Waals surface area contributed by atoms with Crippen LogP contribution < -0.4 is 11.1 Å². The van der Waals surface area contributed by atoms with Gasteiger partial charge in [-0.3, -0.25) is 4.79 Å². The van der Waals surface area contributed by atoms with E-state index in [9.17, 15) is 4.79 Å². The zero-order valence-corrected chi connectivity index (χ0v) is 11.0. The van der Waals surface area contributed by atoms with Crippen molar-refractivity contribution in [3.63, 3.8) is 0 Å². The standard InChI is InChI=1S/C13H23N3O2/c1-9-3-4-10(7-9)8-15-12(17)13(5-2-6-13)11(14)16-18/h9-10,18H,2-8H2,1H3,(H2,14,16)(H,15,17). The van der Waals surface area contributed by atoms with Crippen LogP contribution in [0.15, 0.2) is 5.16 Å². The zero-order chi connectivity index (χ0) is 13.2. The molecule has 2 fully saturated rings. The van der Waals surface area contributed by atoms with Crippen LogP contribution in [-0.4, -0.2) is 23.5 Å². The molecule has 0 aromatic heterocycles. The number of carbonyl (C=O) groups excluding carboxylic acids is 1. The summed E-state index contributed by atoms with van der Waals surface area (Å²) >= 11 is 0. The maximum Gasteiger partial charge on any atom is 0.233 e. The summed E-state index contributed by atoms with van der Waals surface area (Å²) in [5, 5.41) is 14.8. The van der Waals surface area contributed by atoms with Crippen LogP contribution in [0, 0.1) is 17.3 Å². The van der Waals surface area contributed by atoms with Gasteiger partial charge in [-0.25, -0.2) is 0 Å². The van der Waals surface area contributed by atoms with Crippen molar-refractivity contribution in [2.75, 3.05) is 6.54 Å². The second-order valence-electron chi connectivity index (χ2n) is 5.92. The van der Waals surface area contributed by atoms with Crippen LogP contribution in [0.5, 0.6) is 0 Å². The molecule has 0 aromatic carbocycles. The highest BCUT2D eigenvalue weighted by Crippen LogP contribution is 2.41. The predicted molar refractivity (Wildman–Crippen MR) is 69.2 cm³/mol. The lowest BCUT2D eigenvalue weighted by molar-refractivity contribution is -0.131. The third-order valence-electron chi connectivity index (χ3n) is 4.59. The lowest BCUT2D eigenvalue weighted by Crippen LogP contribution is -2.54. The number of amides is 1. The first-order chi connectivity index (χ1) is 8.58. The van der Waals surface area contributed by atoms with Crippen molar-refractivity contribution < 1.29 is 10.0 Å². The van der Waals surface area contributed by atoms with Crippen LogP contribution in [0.3, 0.4) is 0 Å². The Kier molecular flexibility index (Phi) is 3.78. The summed E-state index contributed by atoms with van der Waals surface area (Å²) in [7, 11) is 0. The Bertz CT molecular complexity index is 350. The fraction of sp³-hybridized carbons (Fsp3) is 0.846. The van der Waals surface area contributed by atoms with E-state index < -0.39 is 5.41 Å². The molecule has 4 N–H and O–H groups in total. The lowest BCUT2D eigenvalue weighted by atomic mass is 9.67. The minimum absolute atomic E-state index is 0.0611. The minimum Gasteiger partial charge on any atom is -0.409 e. The summed E-state index contributed by atoms with van der Waals surface area (Å²) in [5.74, 6) is 1.36. The van der Waals surface area contributed by atoms with Gasteiger partial charge >= 0.3 is 0 Å². The molecular formula is C13H23N3O2. The first-order valence-corrected chi connectivity index (χ1v) is 6.85. The molecule has 18 heavy (non-hydrogen) atoms. The van der Waals surface area contributed by atoms with E-state index in [0.29, 0.717) is 18.8 Å². The Labute approximate surface area is 108 Å². The molecule has 0 saturated heterocycles. The average molecular weight is 253 g/mol. The highest BCUT2D eigenvalue weighted by molar-refractivity contribution is 6.07. The quantitative estimate of drug-likeness (QED) is 0.307. The fourth-order valence-electron chi connectivity index (χ4n) is 3.14. The van der Waals surface area contributed by atoms with Gasteiger partial charge in [0.2, 0.25) is 5.91 Å². The molecule has 0 spiro atoms. The topological polar surface area (TPSA) is 87.7 Å². The number of rotatable bonds is 4. The molecule has 0 aliphatic heterocycles. The molecule has 2 rings (SSSR count). The zero-order valence-electron chi connectivity index (χ0n) is 11.0. The summed E-state index contributed by atoms with van der Waals surface area (Å²) in [6, 6.07) is 0. The Morgan fingerprint density at radius 1 is 1.50 bits per heavy atom. The molecular weight excluding hydrogens is 230 g/mol. The SMILES string of the molecule is CC1CCC(CNC(=O)C2(C(N)=NO)CCC2)C1. The van der Waals surface area contributed by atoms with Crippen molar-refractivity contribution in [2.45, 2.75) is 45.4 Å². The second kappa shape index (κ2) is 5.16. The van der Waals surface area contributed by atoms with Gasteiger partial charge in [0, 0.05) is 6.54 Å². The first-order valence-electron chi connectivity index (χ1n) is 6.85. The van der Waals surface area contributed by atoms with Crippen LogP contribution >= 0.6 is 0 Å². The van der Waals surface area contributed by atoms with Crippen LogP contribution in [0.4, 0.5) is 0 Å². The number of carbonyl (C=O) groups is 1. The molecule has 2 unspecified atom stereocenters. The number of nitrogens with two attached hydrogens (primary N) is 1. The van der Waals surface area contributed by atoms with Gasteiger partial charge in [0.1, 0.15) is 5.41 Å². The molecule has 2 saturated carbocycles. The van der Waals surface area contributed by atoms with Gasteiger partial charge in [-0.15, -0.1) is 0 Å². The maximum atomic E-state index is 12.2. The monoisotopic (exact) mass is 253 g/mol. The third kappa shape index (κ3) is 2.31. The fourth-order valence-corrected chi connectivity index (χ4v) is 3.14. The summed E-state index contributed by atoms with van der Waals surface area (Å²) in [4.78, 5) is 12.2. The van der Waals surface area contributed by atoms with Crippen LogP contribution in [0.25, 0.3) is 0 Å². The van der Waals surface area contributed by atoms with E-state index in [4.69, 9.17) is 10.9 Å². The van der Waals surface area contributed by atoms with Gasteiger partial charge < -0.3 is 16.3 Å². The molecule has 5 nitrogen and oxygen atoms in total. The van der Waals surface area contributed by atoms with Crippen molar-refractivity contribution in [1.82, 2.24) is 5.32 Å². The van der Waals surface area contributed by atoms with Crippen LogP contribution in [0.2, 0.25) is 0 Å². The van der Waals surface area contributed by atoms with E-state index in [0.717, 1.165) is 18.9 Å². The molecule has 2 aliphatic rings. The predicted octanol–water partition coefficient (Wildman–Crippen LogP) is 1.46. The highest BCUT2D eigenvalue weighted by Gasteiger charge is 2.48. The second-order valence-corrected chi connectivity index (χ2v) is 5.92. The van der Waals surface area contributed by atoms with Crippen molar-refractivity contribution >= 4 is 11.7 Å². The van der Waals surface area contributed by atoms with E-state index in [1.165, 1.54) is 19.3 Å². The minimum atomic E-state index is -0.737. The molecule has 0 radical (unpaired) electrons. The smallest absolute Gasteiger partial charge is 0.233 e. The normalized spacial score (nSPS) is 30.8. The van der Waals surface area contributed by atoms with Gasteiger partial charge in [-0.2, -0.15) is 0 Å². The van der Waals surface area contributed by atoms with E-state index >= 15 is 0 Å². The van der Waals surface area contributed by atoms with Gasteiger partial charge in [-0.05, 0) is 37.5 Å². The third-order valence-corrected chi connectivity index (χ3v) is 4.59. The maximum absolute atomic E-state index is 12.2. The number of hydrogen-bond donors (Lipinski definition) is 3. The molecule has 0 heterocycles. The van der Waals surface area contributed by atoms with Crippen molar-refractivity contribution in [3.8, 4) is 0 Å². The molecule has 0 bridgehead atoms. The lowest BCUT2D eigenvalue weighted by Gasteiger charge is -2.38. The Morgan fingerprint density at radius 2 is 2.22 bits per heavy atom. The molecule has 2 aliphatic carbocycles. The molecule has 0 aromatic rings. The number of hydrogen-bond acceptors (Lipinski definition) is 3. The van der Waals surface area contributed by atoms with Crippen LogP contribution in [0.1, 0.15) is 45.4 Å². The Hall–Kier alpha value is -1.26. The summed E-state index contributed by atoms with van der Waals surface area (Å²) in [5.41, 5.74) is 4.92. The molecule has 1 amide bonds. The first kappa shape index (κ1) is 13.2. The number of nitrogens with zero attached hydrogens (tertiary/aromatic N) is 1. The van der Waals surface area contributed by atoms with Crippen molar-refractivity contribution in [2.24, 2.45) is 28.1 Å². The highest BCUT2D eigenvalue weighted by atomic mass is 16.4. The molecule has 2 atom stereocenters. The summed E-state index contributed by atoms with van der Waals surface area (Å²) in [6.07, 6.45) is 5.98. The van der Waals surface area contributed by atoms with E-state index in [2.05, 4.69) is 17.4 Å². The summed E-state index contributed by atoms with van der Waals surface area (Å²) < 4.78 is 0. The van der Waals surface area contributed by atoms with Crippen molar-refractivity contribution in [3.05, 3.63) is 0 Å². The van der Waals surface area contributed by atoms with E-state index in [1.807, 2.05) is 0 Å². The van der Waals surface area contributed by atoms with Gasteiger partial charge in [0.05, 0.1) is 0 Å². The van der Waals surface area contributed by atoms with Gasteiger partial charge in [-0.1, -0.05) is 24.9 Å². The molecule has 102 valence electrons. The Balaban J connectivity index is 1.87. The van der Waals surface area contributed by atoms with E-state index in [1.54, 1.807) is 0 Å². The van der Waals surface area contributed by atoms with Crippen molar-refractivity contribution in [1.29, 1.82) is 0 Å². The largest absolute Gasteiger partial charge is 0.409 e. The van der Waals surface area contributed by atoms with Gasteiger partial charge in [0.15, 0.2) is 5.84 Å². The number of nitrogens with one attached hydrogen (secondary N) is 1. The number of oxime groups is 1. The van der Waals surface area contributed by atoms with E-state index in [-0.39, 0.29) is 11.7 Å². The summed E-state index contributed by atoms with van der Waals surface area (Å²) in [6.45, 7) is 2.98. The average Bonchev–Trinajstić information content (AvgIpc) is 2.70.